The highest BCUT2D eigenvalue weighted by atomic mass is 19.4. The largest absolute Gasteiger partial charge is 0.508 e. The zero-order valence-corrected chi connectivity index (χ0v) is 22.7. The van der Waals surface area contributed by atoms with Crippen molar-refractivity contribution in [1.29, 1.82) is 0 Å². The van der Waals surface area contributed by atoms with Crippen molar-refractivity contribution in [3.05, 3.63) is 59.8 Å². The van der Waals surface area contributed by atoms with E-state index in [-0.39, 0.29) is 52.5 Å². The summed E-state index contributed by atoms with van der Waals surface area (Å²) in [5.41, 5.74) is 0.445. The van der Waals surface area contributed by atoms with Gasteiger partial charge in [-0.1, -0.05) is 25.1 Å². The number of aromatic hydroxyl groups is 1. The predicted octanol–water partition coefficient (Wildman–Crippen LogP) is 6.51. The summed E-state index contributed by atoms with van der Waals surface area (Å²) in [5, 5.41) is 11.0. The number of hydrogen-bond donors (Lipinski definition) is 1. The van der Waals surface area contributed by atoms with E-state index in [9.17, 15) is 22.7 Å². The van der Waals surface area contributed by atoms with Crippen LogP contribution in [0.5, 0.6) is 17.6 Å². The maximum atomic E-state index is 16.3. The van der Waals surface area contributed by atoms with Crippen LogP contribution in [0.4, 0.5) is 22.0 Å². The summed E-state index contributed by atoms with van der Waals surface area (Å²) in [4.78, 5) is 14.7. The number of phenols is 1. The van der Waals surface area contributed by atoms with E-state index in [1.807, 2.05) is 0 Å². The predicted molar refractivity (Wildman–Crippen MR) is 146 cm³/mol. The average Bonchev–Trinajstić information content (AvgIpc) is 3.46. The first-order chi connectivity index (χ1) is 20.0. The lowest BCUT2D eigenvalue weighted by atomic mass is 9.94. The van der Waals surface area contributed by atoms with Crippen LogP contribution in [0.25, 0.3) is 32.9 Å². The van der Waals surface area contributed by atoms with Gasteiger partial charge in [-0.15, -0.1) is 0 Å². The lowest BCUT2D eigenvalue weighted by Crippen LogP contribution is -2.43. The van der Waals surface area contributed by atoms with E-state index in [2.05, 4.69) is 26.4 Å². The Kier molecular flexibility index (Phi) is 6.91. The van der Waals surface area contributed by atoms with E-state index in [0.717, 1.165) is 37.7 Å². The van der Waals surface area contributed by atoms with Crippen LogP contribution in [0, 0.1) is 11.6 Å². The lowest BCUT2D eigenvalue weighted by Gasteiger charge is -2.30. The Hall–Kier alpha value is -4.06. The fourth-order valence-electron chi connectivity index (χ4n) is 6.20. The Bertz CT molecular complexity index is 1730. The summed E-state index contributed by atoms with van der Waals surface area (Å²) in [7, 11) is 0. The number of hydrogen-bond acceptors (Lipinski definition) is 7. The molecule has 0 saturated carbocycles. The van der Waals surface area contributed by atoms with Gasteiger partial charge in [-0.3, -0.25) is 9.88 Å². The van der Waals surface area contributed by atoms with Gasteiger partial charge in [0, 0.05) is 18.3 Å². The molecule has 2 aliphatic heterocycles. The topological polar surface area (TPSA) is 80.6 Å². The summed E-state index contributed by atoms with van der Waals surface area (Å²) >= 11 is 0. The van der Waals surface area contributed by atoms with Crippen LogP contribution in [-0.4, -0.2) is 63.0 Å². The van der Waals surface area contributed by atoms with Crippen LogP contribution in [0.1, 0.15) is 31.7 Å². The van der Waals surface area contributed by atoms with Gasteiger partial charge in [-0.2, -0.15) is 23.1 Å². The van der Waals surface area contributed by atoms with Crippen molar-refractivity contribution in [1.82, 2.24) is 19.9 Å². The number of rotatable bonds is 7. The molecule has 1 N–H and O–H groups in total. The molecule has 0 radical (unpaired) electrons. The maximum Gasteiger partial charge on any atom is 0.422 e. The van der Waals surface area contributed by atoms with Crippen molar-refractivity contribution >= 4 is 21.7 Å². The summed E-state index contributed by atoms with van der Waals surface area (Å²) in [6.07, 6.45) is -0.823. The number of aromatic nitrogens is 3. The van der Waals surface area contributed by atoms with Crippen LogP contribution in [0.15, 0.2) is 42.6 Å². The summed E-state index contributed by atoms with van der Waals surface area (Å²) in [5.74, 6) is -2.26. The van der Waals surface area contributed by atoms with Gasteiger partial charge < -0.3 is 14.6 Å². The van der Waals surface area contributed by atoms with Gasteiger partial charge in [0.2, 0.25) is 5.88 Å². The van der Waals surface area contributed by atoms with Crippen molar-refractivity contribution in [2.45, 2.75) is 44.3 Å². The molecule has 7 nitrogen and oxygen atoms in total. The molecular formula is C30H27F5N4O3. The molecule has 2 aliphatic rings. The van der Waals surface area contributed by atoms with Crippen LogP contribution in [0.2, 0.25) is 0 Å². The first-order valence-corrected chi connectivity index (χ1v) is 13.5. The van der Waals surface area contributed by atoms with E-state index >= 15 is 4.39 Å². The van der Waals surface area contributed by atoms with Crippen LogP contribution < -0.4 is 9.47 Å². The molecule has 1 atom stereocenters. The molecule has 2 saturated heterocycles. The number of benzene rings is 2. The standard InChI is InChI=1S/C30H27F5N4O3/c1-3-19-22(31)6-5-17-9-18(40)10-20(23(17)19)25-24(32)26-21(12-36-25)27(41-15-30(33,34)35)38-28(37-26)42-14-29-7-4-8-39(29)13-16(2)11-29/h5-6,9-10,12,40H,2-4,7-8,11,13-15H2,1H3. The first-order valence-electron chi connectivity index (χ1n) is 13.5. The van der Waals surface area contributed by atoms with Crippen molar-refractivity contribution in [3.8, 4) is 28.9 Å². The molecule has 0 spiro atoms. The van der Waals surface area contributed by atoms with Gasteiger partial charge >= 0.3 is 12.2 Å². The maximum absolute atomic E-state index is 16.3. The number of nitrogens with zero attached hydrogens (tertiary/aromatic N) is 4. The minimum absolute atomic E-state index is 0.101. The Labute approximate surface area is 237 Å². The summed E-state index contributed by atoms with van der Waals surface area (Å²) in [6, 6.07) is 5.07. The van der Waals surface area contributed by atoms with Crippen molar-refractivity contribution in [3.63, 3.8) is 0 Å². The molecule has 6 rings (SSSR count). The molecule has 12 heteroatoms. The van der Waals surface area contributed by atoms with E-state index in [4.69, 9.17) is 9.47 Å². The fourth-order valence-corrected chi connectivity index (χ4v) is 6.20. The second-order valence-corrected chi connectivity index (χ2v) is 10.8. The van der Waals surface area contributed by atoms with E-state index in [1.165, 1.54) is 24.3 Å². The first kappa shape index (κ1) is 28.1. The summed E-state index contributed by atoms with van der Waals surface area (Å²) in [6.45, 7) is 5.87. The fraction of sp³-hybridized carbons (Fsp3) is 0.367. The van der Waals surface area contributed by atoms with E-state index in [1.54, 1.807) is 6.92 Å². The molecule has 4 aromatic rings. The number of fused-ring (bicyclic) bond motifs is 3. The van der Waals surface area contributed by atoms with Gasteiger partial charge in [0.05, 0.1) is 10.9 Å². The summed E-state index contributed by atoms with van der Waals surface area (Å²) < 4.78 is 81.2. The number of pyridine rings is 1. The Balaban J connectivity index is 1.48. The average molecular weight is 587 g/mol. The van der Waals surface area contributed by atoms with Crippen LogP contribution in [-0.2, 0) is 6.42 Å². The van der Waals surface area contributed by atoms with Crippen LogP contribution in [0.3, 0.4) is 0 Å². The minimum atomic E-state index is -4.68. The van der Waals surface area contributed by atoms with Gasteiger partial charge in [0.15, 0.2) is 12.4 Å². The zero-order chi connectivity index (χ0) is 29.8. The third-order valence-corrected chi connectivity index (χ3v) is 7.97. The van der Waals surface area contributed by atoms with Gasteiger partial charge in [0.25, 0.3) is 0 Å². The number of alkyl halides is 3. The zero-order valence-electron chi connectivity index (χ0n) is 22.7. The van der Waals surface area contributed by atoms with Gasteiger partial charge in [-0.25, -0.2) is 8.78 Å². The van der Waals surface area contributed by atoms with E-state index < -0.39 is 30.3 Å². The van der Waals surface area contributed by atoms with E-state index in [0.29, 0.717) is 22.8 Å². The van der Waals surface area contributed by atoms with Gasteiger partial charge in [0.1, 0.15) is 29.4 Å². The molecule has 4 heterocycles. The minimum Gasteiger partial charge on any atom is -0.508 e. The number of aryl methyl sites for hydroxylation is 1. The molecule has 220 valence electrons. The SMILES string of the molecule is C=C1CN2CCCC2(COc2nc(OCC(F)(F)F)c3cnc(-c4cc(O)cc5ccc(F)c(CC)c45)c(F)c3n2)C1. The second kappa shape index (κ2) is 10.3. The molecule has 1 unspecified atom stereocenters. The highest BCUT2D eigenvalue weighted by Gasteiger charge is 2.46. The number of halogens is 5. The molecule has 2 aromatic carbocycles. The number of ether oxygens (including phenoxy) is 2. The van der Waals surface area contributed by atoms with Crippen molar-refractivity contribution in [2.75, 3.05) is 26.3 Å². The lowest BCUT2D eigenvalue weighted by molar-refractivity contribution is -0.153. The quantitative estimate of drug-likeness (QED) is 0.196. The highest BCUT2D eigenvalue weighted by molar-refractivity contribution is 6.01. The molecule has 2 aromatic heterocycles. The third kappa shape index (κ3) is 4.97. The Morgan fingerprint density at radius 1 is 1.14 bits per heavy atom. The molecule has 2 fully saturated rings. The van der Waals surface area contributed by atoms with Gasteiger partial charge in [-0.05, 0) is 66.8 Å². The highest BCUT2D eigenvalue weighted by Crippen LogP contribution is 2.42. The second-order valence-electron chi connectivity index (χ2n) is 10.8. The van der Waals surface area contributed by atoms with Crippen molar-refractivity contribution < 1.29 is 36.5 Å². The monoisotopic (exact) mass is 586 g/mol. The Morgan fingerprint density at radius 3 is 2.71 bits per heavy atom. The molecule has 0 bridgehead atoms. The molecule has 0 aliphatic carbocycles. The normalized spacial score (nSPS) is 19.1. The number of phenolic OH excluding ortho intramolecular Hbond substituents is 1. The van der Waals surface area contributed by atoms with Crippen molar-refractivity contribution in [2.24, 2.45) is 0 Å². The Morgan fingerprint density at radius 2 is 1.95 bits per heavy atom. The molecule has 42 heavy (non-hydrogen) atoms. The smallest absolute Gasteiger partial charge is 0.422 e. The molecule has 0 amide bonds. The molecular weight excluding hydrogens is 559 g/mol. The third-order valence-electron chi connectivity index (χ3n) is 7.97. The van der Waals surface area contributed by atoms with Crippen LogP contribution >= 0.6 is 0 Å².